The van der Waals surface area contributed by atoms with E-state index in [2.05, 4.69) is 15.6 Å². The van der Waals surface area contributed by atoms with Crippen LogP contribution in [0.5, 0.6) is 0 Å². The van der Waals surface area contributed by atoms with Crippen molar-refractivity contribution in [2.75, 3.05) is 22.5 Å². The van der Waals surface area contributed by atoms with Crippen molar-refractivity contribution in [2.24, 2.45) is 0 Å². The summed E-state index contributed by atoms with van der Waals surface area (Å²) in [5, 5.41) is 6.99. The van der Waals surface area contributed by atoms with E-state index in [9.17, 15) is 9.59 Å². The van der Waals surface area contributed by atoms with Crippen LogP contribution in [-0.4, -0.2) is 35.3 Å². The monoisotopic (exact) mass is 424 g/mol. The lowest BCUT2D eigenvalue weighted by Crippen LogP contribution is -2.39. The Bertz CT molecular complexity index is 939. The van der Waals surface area contributed by atoms with E-state index >= 15 is 0 Å². The van der Waals surface area contributed by atoms with Crippen LogP contribution in [0.3, 0.4) is 0 Å². The summed E-state index contributed by atoms with van der Waals surface area (Å²) in [4.78, 5) is 31.8. The normalized spacial score (nSPS) is 16.7. The van der Waals surface area contributed by atoms with Crippen molar-refractivity contribution >= 4 is 35.1 Å². The lowest BCUT2D eigenvalue weighted by atomic mass is 9.95. The maximum Gasteiger partial charge on any atom is 0.326 e. The van der Waals surface area contributed by atoms with Crippen molar-refractivity contribution < 1.29 is 9.59 Å². The van der Waals surface area contributed by atoms with E-state index in [0.29, 0.717) is 17.8 Å². The molecule has 6 nitrogen and oxygen atoms in total. The van der Waals surface area contributed by atoms with Crippen molar-refractivity contribution in [3.8, 4) is 0 Å². The third kappa shape index (κ3) is 4.61. The Labute approximate surface area is 181 Å². The summed E-state index contributed by atoms with van der Waals surface area (Å²) in [6, 6.07) is 9.22. The second-order valence-electron chi connectivity index (χ2n) is 8.05. The molecular formula is C23H28N4O2S. The highest BCUT2D eigenvalue weighted by Crippen LogP contribution is 2.36. The van der Waals surface area contributed by atoms with Crippen LogP contribution in [0.1, 0.15) is 53.7 Å². The number of urea groups is 1. The number of hydrogen-bond donors (Lipinski definition) is 2. The zero-order valence-electron chi connectivity index (χ0n) is 17.5. The minimum absolute atomic E-state index is 0.0428. The van der Waals surface area contributed by atoms with E-state index < -0.39 is 0 Å². The minimum Gasteiger partial charge on any atom is -0.349 e. The molecule has 2 aliphatic rings. The molecule has 1 aliphatic heterocycles. The molecule has 3 amide bonds. The van der Waals surface area contributed by atoms with Crippen molar-refractivity contribution in [3.63, 3.8) is 0 Å². The van der Waals surface area contributed by atoms with E-state index in [1.54, 1.807) is 40.9 Å². The topological polar surface area (TPSA) is 74.3 Å². The van der Waals surface area contributed by atoms with E-state index in [1.807, 2.05) is 19.9 Å². The molecule has 2 heterocycles. The Morgan fingerprint density at radius 3 is 2.57 bits per heavy atom. The van der Waals surface area contributed by atoms with E-state index in [4.69, 9.17) is 0 Å². The Kier molecular flexibility index (Phi) is 6.27. The lowest BCUT2D eigenvalue weighted by Gasteiger charge is -2.30. The number of hydrogen-bond acceptors (Lipinski definition) is 4. The van der Waals surface area contributed by atoms with Crippen molar-refractivity contribution in [3.05, 3.63) is 47.2 Å². The van der Waals surface area contributed by atoms with E-state index in [-0.39, 0.29) is 18.0 Å². The highest BCUT2D eigenvalue weighted by molar-refractivity contribution is 7.99. The minimum atomic E-state index is -0.176. The van der Waals surface area contributed by atoms with Gasteiger partial charge < -0.3 is 10.6 Å². The molecule has 2 N–H and O–H groups in total. The van der Waals surface area contributed by atoms with Gasteiger partial charge in [0.15, 0.2) is 0 Å². The highest BCUT2D eigenvalue weighted by atomic mass is 32.2. The van der Waals surface area contributed by atoms with Crippen molar-refractivity contribution in [1.82, 2.24) is 10.3 Å². The third-order valence-corrected chi connectivity index (χ3v) is 6.63. The zero-order valence-corrected chi connectivity index (χ0v) is 18.3. The first-order chi connectivity index (χ1) is 14.5. The molecule has 7 heteroatoms. The van der Waals surface area contributed by atoms with Gasteiger partial charge in [-0.1, -0.05) is 19.3 Å². The molecule has 0 radical (unpaired) electrons. The quantitative estimate of drug-likeness (QED) is 0.735. The largest absolute Gasteiger partial charge is 0.349 e. The Morgan fingerprint density at radius 2 is 1.83 bits per heavy atom. The van der Waals surface area contributed by atoms with Gasteiger partial charge >= 0.3 is 6.03 Å². The van der Waals surface area contributed by atoms with Crippen LogP contribution >= 0.6 is 11.8 Å². The van der Waals surface area contributed by atoms with E-state index in [1.165, 1.54) is 19.3 Å². The Morgan fingerprint density at radius 1 is 1.10 bits per heavy atom. The number of anilines is 2. The Hall–Kier alpha value is -2.54. The van der Waals surface area contributed by atoms with Crippen LogP contribution in [0.25, 0.3) is 0 Å². The number of fused-ring (bicyclic) bond motifs is 1. The molecule has 1 saturated carbocycles. The van der Waals surface area contributed by atoms with Gasteiger partial charge in [0.1, 0.15) is 5.03 Å². The number of benzene rings is 1. The second-order valence-corrected chi connectivity index (χ2v) is 9.13. The first-order valence-electron chi connectivity index (χ1n) is 10.6. The average molecular weight is 425 g/mol. The van der Waals surface area contributed by atoms with Gasteiger partial charge in [-0.15, -0.1) is 11.8 Å². The van der Waals surface area contributed by atoms with Gasteiger partial charge in [0.25, 0.3) is 5.91 Å². The molecular weight excluding hydrogens is 396 g/mol. The fourth-order valence-electron chi connectivity index (χ4n) is 4.18. The van der Waals surface area contributed by atoms with Crippen molar-refractivity contribution in [2.45, 2.75) is 57.0 Å². The van der Waals surface area contributed by atoms with Crippen LogP contribution in [0, 0.1) is 13.8 Å². The van der Waals surface area contributed by atoms with Crippen LogP contribution < -0.4 is 15.5 Å². The number of carbonyl (C=O) groups is 2. The van der Waals surface area contributed by atoms with Gasteiger partial charge in [-0.3, -0.25) is 9.69 Å². The second kappa shape index (κ2) is 9.08. The van der Waals surface area contributed by atoms with Crippen LogP contribution in [-0.2, 0) is 0 Å². The number of rotatable bonds is 3. The SMILES string of the molecule is Cc1cc(C)c2c(n1)SCCN2C(=O)Nc1ccc(C(=O)NC2CCCCC2)cc1. The smallest absolute Gasteiger partial charge is 0.326 e. The maximum atomic E-state index is 12.9. The predicted molar refractivity (Wildman–Crippen MR) is 122 cm³/mol. The third-order valence-electron chi connectivity index (χ3n) is 5.69. The molecule has 1 aromatic heterocycles. The zero-order chi connectivity index (χ0) is 21.1. The van der Waals surface area contributed by atoms with E-state index in [0.717, 1.165) is 40.6 Å². The molecule has 1 fully saturated rings. The summed E-state index contributed by atoms with van der Waals surface area (Å²) in [7, 11) is 0. The van der Waals surface area contributed by atoms with Gasteiger partial charge in [0.2, 0.25) is 0 Å². The lowest BCUT2D eigenvalue weighted by molar-refractivity contribution is 0.0927. The number of carbonyl (C=O) groups excluding carboxylic acids is 2. The van der Waals surface area contributed by atoms with Crippen LogP contribution in [0.4, 0.5) is 16.2 Å². The van der Waals surface area contributed by atoms with Gasteiger partial charge in [-0.25, -0.2) is 9.78 Å². The summed E-state index contributed by atoms with van der Waals surface area (Å²) >= 11 is 1.69. The highest BCUT2D eigenvalue weighted by Gasteiger charge is 2.26. The van der Waals surface area contributed by atoms with Gasteiger partial charge in [0.05, 0.1) is 5.69 Å². The molecule has 1 aliphatic carbocycles. The molecule has 2 aromatic rings. The molecule has 158 valence electrons. The predicted octanol–water partition coefficient (Wildman–Crippen LogP) is 4.91. The van der Waals surface area contributed by atoms with Crippen LogP contribution in [0.2, 0.25) is 0 Å². The average Bonchev–Trinajstić information content (AvgIpc) is 2.74. The summed E-state index contributed by atoms with van der Waals surface area (Å²) in [5.74, 6) is 0.773. The van der Waals surface area contributed by atoms with Gasteiger partial charge in [-0.2, -0.15) is 0 Å². The summed E-state index contributed by atoms with van der Waals surface area (Å²) < 4.78 is 0. The molecule has 30 heavy (non-hydrogen) atoms. The number of thioether (sulfide) groups is 1. The first kappa shape index (κ1) is 20.7. The number of aromatic nitrogens is 1. The molecule has 0 unspecified atom stereocenters. The fourth-order valence-corrected chi connectivity index (χ4v) is 5.27. The molecule has 1 aromatic carbocycles. The summed E-state index contributed by atoms with van der Waals surface area (Å²) in [6.07, 6.45) is 5.74. The molecule has 0 spiro atoms. The Balaban J connectivity index is 1.42. The summed E-state index contributed by atoms with van der Waals surface area (Å²) in [6.45, 7) is 4.62. The van der Waals surface area contributed by atoms with Crippen LogP contribution in [0.15, 0.2) is 35.4 Å². The number of amides is 3. The number of aryl methyl sites for hydroxylation is 2. The standard InChI is InChI=1S/C23H28N4O2S/c1-15-14-16(2)24-22-20(15)27(12-13-30-22)23(29)26-19-10-8-17(9-11-19)21(28)25-18-6-4-3-5-7-18/h8-11,14,18H,3-7,12-13H2,1-2H3,(H,25,28)(H,26,29). The first-order valence-corrected chi connectivity index (χ1v) is 11.6. The molecule has 0 bridgehead atoms. The van der Waals surface area contributed by atoms with Gasteiger partial charge in [-0.05, 0) is 62.6 Å². The fraction of sp³-hybridized carbons (Fsp3) is 0.435. The molecule has 4 rings (SSSR count). The van der Waals surface area contributed by atoms with Crippen molar-refractivity contribution in [1.29, 1.82) is 0 Å². The number of nitrogens with zero attached hydrogens (tertiary/aromatic N) is 2. The maximum absolute atomic E-state index is 12.9. The molecule has 0 saturated heterocycles. The number of pyridine rings is 1. The van der Waals surface area contributed by atoms with Gasteiger partial charge in [0, 0.05) is 35.3 Å². The number of nitrogens with one attached hydrogen (secondary N) is 2. The summed E-state index contributed by atoms with van der Waals surface area (Å²) in [5.41, 5.74) is 4.19. The molecule has 0 atom stereocenters.